The summed E-state index contributed by atoms with van der Waals surface area (Å²) in [5.74, 6) is 0.821. The van der Waals surface area contributed by atoms with E-state index in [-0.39, 0.29) is 36.0 Å². The van der Waals surface area contributed by atoms with Crippen LogP contribution in [0.1, 0.15) is 44.6 Å². The zero-order valence-electron chi connectivity index (χ0n) is 18.2. The first kappa shape index (κ1) is 20.9. The number of amides is 3. The maximum atomic E-state index is 13.0. The lowest BCUT2D eigenvalue weighted by Gasteiger charge is -2.37. The summed E-state index contributed by atoms with van der Waals surface area (Å²) in [5, 5.41) is 0. The maximum absolute atomic E-state index is 13.0. The highest BCUT2D eigenvalue weighted by Gasteiger charge is 2.39. The molecule has 3 aliphatic rings. The molecule has 3 fully saturated rings. The van der Waals surface area contributed by atoms with Gasteiger partial charge in [-0.3, -0.25) is 14.4 Å². The number of nitrogens with zero attached hydrogens (tertiary/aromatic N) is 3. The molecule has 0 N–H and O–H groups in total. The molecule has 3 heterocycles. The van der Waals surface area contributed by atoms with E-state index in [2.05, 4.69) is 6.92 Å². The molecule has 0 unspecified atom stereocenters. The second-order valence-corrected chi connectivity index (χ2v) is 9.35. The fourth-order valence-corrected chi connectivity index (χ4v) is 4.94. The van der Waals surface area contributed by atoms with Gasteiger partial charge in [-0.2, -0.15) is 0 Å². The standard InChI is InChI=1S/C24H33N3O3/c1-17-3-5-21(6-4-17)27-16-20(15-22(27)28)24(30)26-13-9-19(10-14-26)23(29)25-11-7-18(2)8-12-25/h3-6,18-20H,7-16H2,1-2H3/t20-/m0/s1. The van der Waals surface area contributed by atoms with Crippen molar-refractivity contribution in [3.63, 3.8) is 0 Å². The topological polar surface area (TPSA) is 60.9 Å². The van der Waals surface area contributed by atoms with Crippen molar-refractivity contribution in [2.24, 2.45) is 17.8 Å². The van der Waals surface area contributed by atoms with Gasteiger partial charge in [0, 0.05) is 50.7 Å². The molecule has 0 aliphatic carbocycles. The minimum absolute atomic E-state index is 0.0154. The molecule has 3 aliphatic heterocycles. The molecule has 0 radical (unpaired) electrons. The average molecular weight is 412 g/mol. The van der Waals surface area contributed by atoms with Crippen LogP contribution in [0.3, 0.4) is 0 Å². The number of carbonyl (C=O) groups excluding carboxylic acids is 3. The molecular formula is C24H33N3O3. The van der Waals surface area contributed by atoms with Crippen molar-refractivity contribution in [3.05, 3.63) is 29.8 Å². The van der Waals surface area contributed by atoms with Crippen molar-refractivity contribution in [1.29, 1.82) is 0 Å². The van der Waals surface area contributed by atoms with Gasteiger partial charge in [-0.05, 0) is 50.7 Å². The number of anilines is 1. The average Bonchev–Trinajstić information content (AvgIpc) is 3.15. The van der Waals surface area contributed by atoms with Gasteiger partial charge in [-0.15, -0.1) is 0 Å². The lowest BCUT2D eigenvalue weighted by molar-refractivity contribution is -0.143. The number of aryl methyl sites for hydroxylation is 1. The lowest BCUT2D eigenvalue weighted by atomic mass is 9.92. The van der Waals surface area contributed by atoms with E-state index in [4.69, 9.17) is 0 Å². The molecule has 6 nitrogen and oxygen atoms in total. The van der Waals surface area contributed by atoms with Gasteiger partial charge >= 0.3 is 0 Å². The third-order valence-corrected chi connectivity index (χ3v) is 7.07. The summed E-state index contributed by atoms with van der Waals surface area (Å²) < 4.78 is 0. The molecule has 162 valence electrons. The van der Waals surface area contributed by atoms with Crippen LogP contribution in [0.2, 0.25) is 0 Å². The van der Waals surface area contributed by atoms with Gasteiger partial charge < -0.3 is 14.7 Å². The van der Waals surface area contributed by atoms with Crippen LogP contribution in [0.25, 0.3) is 0 Å². The first-order valence-corrected chi connectivity index (χ1v) is 11.4. The summed E-state index contributed by atoms with van der Waals surface area (Å²) in [7, 11) is 0. The summed E-state index contributed by atoms with van der Waals surface area (Å²) >= 11 is 0. The number of carbonyl (C=O) groups is 3. The smallest absolute Gasteiger partial charge is 0.228 e. The molecule has 0 bridgehead atoms. The molecule has 0 spiro atoms. The van der Waals surface area contributed by atoms with Crippen LogP contribution in [-0.2, 0) is 14.4 Å². The van der Waals surface area contributed by atoms with E-state index in [0.717, 1.165) is 50.0 Å². The summed E-state index contributed by atoms with van der Waals surface area (Å²) in [6, 6.07) is 7.86. The number of hydrogen-bond donors (Lipinski definition) is 0. The fourth-order valence-electron chi connectivity index (χ4n) is 4.94. The van der Waals surface area contributed by atoms with Gasteiger partial charge in [0.05, 0.1) is 5.92 Å². The predicted molar refractivity (Wildman–Crippen MR) is 116 cm³/mol. The Balaban J connectivity index is 1.29. The van der Waals surface area contributed by atoms with E-state index in [9.17, 15) is 14.4 Å². The van der Waals surface area contributed by atoms with Crippen LogP contribution < -0.4 is 4.90 Å². The maximum Gasteiger partial charge on any atom is 0.228 e. The molecule has 30 heavy (non-hydrogen) atoms. The Kier molecular flexibility index (Phi) is 6.11. The van der Waals surface area contributed by atoms with E-state index in [1.807, 2.05) is 41.0 Å². The van der Waals surface area contributed by atoms with Crippen LogP contribution in [0.4, 0.5) is 5.69 Å². The highest BCUT2D eigenvalue weighted by atomic mass is 16.2. The molecule has 1 aromatic rings. The van der Waals surface area contributed by atoms with Gasteiger partial charge in [-0.1, -0.05) is 24.6 Å². The second-order valence-electron chi connectivity index (χ2n) is 9.35. The Bertz CT molecular complexity index is 790. The number of piperidine rings is 2. The molecule has 4 rings (SSSR count). The Labute approximate surface area is 179 Å². The largest absolute Gasteiger partial charge is 0.342 e. The molecule has 3 amide bonds. The van der Waals surface area contributed by atoms with E-state index >= 15 is 0 Å². The van der Waals surface area contributed by atoms with Crippen molar-refractivity contribution < 1.29 is 14.4 Å². The van der Waals surface area contributed by atoms with E-state index in [0.29, 0.717) is 25.6 Å². The molecule has 6 heteroatoms. The zero-order valence-corrected chi connectivity index (χ0v) is 18.2. The van der Waals surface area contributed by atoms with Gasteiger partial charge in [0.1, 0.15) is 0 Å². The Hall–Kier alpha value is -2.37. The molecule has 1 aromatic carbocycles. The zero-order chi connectivity index (χ0) is 21.3. The summed E-state index contributed by atoms with van der Waals surface area (Å²) in [6.45, 7) is 7.70. The number of rotatable bonds is 3. The van der Waals surface area contributed by atoms with Crippen LogP contribution >= 0.6 is 0 Å². The molecule has 1 atom stereocenters. The van der Waals surface area contributed by atoms with Gasteiger partial charge in [-0.25, -0.2) is 0 Å². The van der Waals surface area contributed by atoms with Crippen molar-refractivity contribution in [3.8, 4) is 0 Å². The van der Waals surface area contributed by atoms with Gasteiger partial charge in [0.2, 0.25) is 17.7 Å². The predicted octanol–water partition coefficient (Wildman–Crippen LogP) is 2.85. The number of likely N-dealkylation sites (tertiary alicyclic amines) is 2. The Morgan fingerprint density at radius 1 is 0.833 bits per heavy atom. The van der Waals surface area contributed by atoms with E-state index < -0.39 is 0 Å². The minimum atomic E-state index is -0.283. The SMILES string of the molecule is Cc1ccc(N2C[C@@H](C(=O)N3CCC(C(=O)N4CCC(C)CC4)CC3)CC2=O)cc1. The van der Waals surface area contributed by atoms with E-state index in [1.165, 1.54) is 0 Å². The lowest BCUT2D eigenvalue weighted by Crippen LogP contribution is -2.47. The van der Waals surface area contributed by atoms with Crippen molar-refractivity contribution in [2.75, 3.05) is 37.6 Å². The number of benzene rings is 1. The summed E-state index contributed by atoms with van der Waals surface area (Å²) in [4.78, 5) is 44.0. The van der Waals surface area contributed by atoms with Crippen molar-refractivity contribution in [2.45, 2.75) is 46.0 Å². The monoisotopic (exact) mass is 411 g/mol. The van der Waals surface area contributed by atoms with Crippen LogP contribution in [0.5, 0.6) is 0 Å². The molecule has 0 saturated carbocycles. The van der Waals surface area contributed by atoms with Crippen LogP contribution in [0.15, 0.2) is 24.3 Å². The molecule has 3 saturated heterocycles. The summed E-state index contributed by atoms with van der Waals surface area (Å²) in [6.07, 6.45) is 3.93. The number of hydrogen-bond acceptors (Lipinski definition) is 3. The normalized spacial score (nSPS) is 23.9. The van der Waals surface area contributed by atoms with Gasteiger partial charge in [0.15, 0.2) is 0 Å². The van der Waals surface area contributed by atoms with Crippen molar-refractivity contribution >= 4 is 23.4 Å². The van der Waals surface area contributed by atoms with Crippen LogP contribution in [0, 0.1) is 24.7 Å². The third kappa shape index (κ3) is 4.37. The second kappa shape index (κ2) is 8.78. The fraction of sp³-hybridized carbons (Fsp3) is 0.625. The molecule has 0 aromatic heterocycles. The highest BCUT2D eigenvalue weighted by Crippen LogP contribution is 2.29. The first-order chi connectivity index (χ1) is 14.4. The summed E-state index contributed by atoms with van der Waals surface area (Å²) in [5.41, 5.74) is 2.01. The Morgan fingerprint density at radius 2 is 1.37 bits per heavy atom. The third-order valence-electron chi connectivity index (χ3n) is 7.07. The minimum Gasteiger partial charge on any atom is -0.342 e. The van der Waals surface area contributed by atoms with E-state index in [1.54, 1.807) is 4.90 Å². The molecular weight excluding hydrogens is 378 g/mol. The Morgan fingerprint density at radius 3 is 1.97 bits per heavy atom. The highest BCUT2D eigenvalue weighted by molar-refractivity contribution is 6.00. The van der Waals surface area contributed by atoms with Crippen LogP contribution in [-0.4, -0.2) is 60.2 Å². The first-order valence-electron chi connectivity index (χ1n) is 11.4. The quantitative estimate of drug-likeness (QED) is 0.768. The van der Waals surface area contributed by atoms with Crippen molar-refractivity contribution in [1.82, 2.24) is 9.80 Å². The van der Waals surface area contributed by atoms with Gasteiger partial charge in [0.25, 0.3) is 0 Å².